The van der Waals surface area contributed by atoms with Crippen LogP contribution < -0.4 is 20.4 Å². The van der Waals surface area contributed by atoms with E-state index in [4.69, 9.17) is 0 Å². The van der Waals surface area contributed by atoms with Gasteiger partial charge in [-0.15, -0.1) is 0 Å². The number of benzene rings is 4. The SMILES string of the molecule is O=[N+]([O-])c1cc([N+](=O)[O-])c([O-])c([N+](=O)[O-])c1.O=[N+]([O-])c1cc([N+](=O)[O-])c([O-])c([N+](=O)[O-])c1.O=[N+]([O-])c1cc([N+](=O)[O-])c([O-])c([N+](=O)[O-])c1.O=[N+]([O-])c1cc([N+](=O)[O-])c([O-])c([N+](=O)[O-])c1.[Pb]. The first kappa shape index (κ1) is 54.8. The molecule has 65 heavy (non-hydrogen) atoms. The number of hydrogen-bond acceptors (Lipinski definition) is 28. The Morgan fingerprint density at radius 3 is 0.369 bits per heavy atom. The molecule has 4 aromatic rings. The van der Waals surface area contributed by atoms with Crippen LogP contribution in [0.2, 0.25) is 0 Å². The van der Waals surface area contributed by atoms with E-state index < -0.39 is 150 Å². The molecular formula is C24H8N12O28Pb-4. The molecule has 0 amide bonds. The van der Waals surface area contributed by atoms with Crippen molar-refractivity contribution in [1.82, 2.24) is 0 Å². The number of hydrogen-bond donors (Lipinski definition) is 0. The van der Waals surface area contributed by atoms with Crippen molar-refractivity contribution in [3.8, 4) is 23.0 Å². The summed E-state index contributed by atoms with van der Waals surface area (Å²) in [7, 11) is 0. The molecule has 0 aromatic heterocycles. The number of rotatable bonds is 12. The van der Waals surface area contributed by atoms with E-state index >= 15 is 0 Å². The normalized spacial score (nSPS) is 9.60. The second-order valence-corrected chi connectivity index (χ2v) is 10.3. The first-order valence-corrected chi connectivity index (χ1v) is 14.5. The number of nitro benzene ring substituents is 12. The van der Waals surface area contributed by atoms with Gasteiger partial charge in [0.2, 0.25) is 0 Å². The summed E-state index contributed by atoms with van der Waals surface area (Å²) in [5, 5.41) is 168. The maximum Gasteiger partial charge on any atom is 0.283 e. The molecule has 0 bridgehead atoms. The molecule has 41 heteroatoms. The van der Waals surface area contributed by atoms with E-state index in [2.05, 4.69) is 0 Å². The summed E-state index contributed by atoms with van der Waals surface area (Å²) in [6.07, 6.45) is 0. The molecule has 0 aliphatic carbocycles. The van der Waals surface area contributed by atoms with Crippen molar-refractivity contribution >= 4 is 95.5 Å². The Bertz CT molecular complexity index is 2220. The Labute approximate surface area is 367 Å². The van der Waals surface area contributed by atoms with Crippen molar-refractivity contribution < 1.29 is 79.5 Å². The number of nitro groups is 12. The van der Waals surface area contributed by atoms with Gasteiger partial charge in [-0.1, -0.05) is 0 Å². The molecular weight excluding hydrogens is 1110 g/mol. The fraction of sp³-hybridized carbons (Fsp3) is 0. The van der Waals surface area contributed by atoms with Gasteiger partial charge in [-0.3, -0.25) is 121 Å². The maximum absolute atomic E-state index is 11.1. The predicted octanol–water partition coefficient (Wildman–Crippen LogP) is 1.56. The predicted molar refractivity (Wildman–Crippen MR) is 189 cm³/mol. The van der Waals surface area contributed by atoms with Gasteiger partial charge in [0.1, 0.15) is 0 Å². The van der Waals surface area contributed by atoms with Crippen LogP contribution in [0.4, 0.5) is 68.2 Å². The zero-order chi connectivity index (χ0) is 49.8. The third-order valence-corrected chi connectivity index (χ3v) is 6.55. The first-order chi connectivity index (χ1) is 29.4. The zero-order valence-electron chi connectivity index (χ0n) is 29.9. The average Bonchev–Trinajstić information content (AvgIpc) is 3.17. The summed E-state index contributed by atoms with van der Waals surface area (Å²) in [4.78, 5) is 110. The largest absolute Gasteiger partial charge is 0.863 e. The van der Waals surface area contributed by atoms with E-state index in [0.29, 0.717) is 48.5 Å². The van der Waals surface area contributed by atoms with Gasteiger partial charge in [-0.2, -0.15) is 0 Å². The first-order valence-electron chi connectivity index (χ1n) is 14.5. The smallest absolute Gasteiger partial charge is 0.283 e. The van der Waals surface area contributed by atoms with Gasteiger partial charge in [0, 0.05) is 27.3 Å². The Morgan fingerprint density at radius 2 is 0.308 bits per heavy atom. The summed E-state index contributed by atoms with van der Waals surface area (Å²) in [5.74, 6) is -5.83. The van der Waals surface area contributed by atoms with Gasteiger partial charge in [0.25, 0.3) is 68.2 Å². The fourth-order valence-electron chi connectivity index (χ4n) is 3.84. The molecule has 0 aliphatic heterocycles. The Hall–Kier alpha value is -10.2. The van der Waals surface area contributed by atoms with Crippen LogP contribution in [0.25, 0.3) is 0 Å². The molecule has 0 saturated carbocycles. The van der Waals surface area contributed by atoms with Crippen LogP contribution in [0.3, 0.4) is 0 Å². The summed E-state index contributed by atoms with van der Waals surface area (Å²) in [6, 6.07) is 3.07. The molecule has 0 aliphatic rings. The Kier molecular flexibility index (Phi) is 18.9. The minimum atomic E-state index is -1.46. The third kappa shape index (κ3) is 13.9. The van der Waals surface area contributed by atoms with Crippen LogP contribution in [-0.2, 0) is 0 Å². The van der Waals surface area contributed by atoms with Crippen molar-refractivity contribution in [2.75, 3.05) is 0 Å². The van der Waals surface area contributed by atoms with Crippen molar-refractivity contribution in [2.45, 2.75) is 0 Å². The van der Waals surface area contributed by atoms with Crippen LogP contribution in [0, 0.1) is 121 Å². The average molecular weight is 1120 g/mol. The van der Waals surface area contributed by atoms with Gasteiger partial charge >= 0.3 is 0 Å². The maximum atomic E-state index is 11.1. The van der Waals surface area contributed by atoms with Crippen molar-refractivity contribution in [3.05, 3.63) is 170 Å². The van der Waals surface area contributed by atoms with Crippen molar-refractivity contribution in [3.63, 3.8) is 0 Å². The monoisotopic (exact) mass is 1120 g/mol. The summed E-state index contributed by atoms with van der Waals surface area (Å²) < 4.78 is 0. The van der Waals surface area contributed by atoms with E-state index in [0.717, 1.165) is 0 Å². The summed E-state index contributed by atoms with van der Waals surface area (Å²) in [6.45, 7) is 0. The van der Waals surface area contributed by atoms with E-state index in [-0.39, 0.29) is 27.3 Å². The Balaban J connectivity index is 0.000000836. The molecule has 4 aromatic carbocycles. The summed E-state index contributed by atoms with van der Waals surface area (Å²) >= 11 is 0. The van der Waals surface area contributed by atoms with E-state index in [1.165, 1.54) is 0 Å². The molecule has 0 saturated heterocycles. The van der Waals surface area contributed by atoms with Crippen molar-refractivity contribution in [1.29, 1.82) is 0 Å². The van der Waals surface area contributed by atoms with Gasteiger partial charge < -0.3 is 20.4 Å². The van der Waals surface area contributed by atoms with E-state index in [1.54, 1.807) is 0 Å². The van der Waals surface area contributed by atoms with Crippen molar-refractivity contribution in [2.24, 2.45) is 0 Å². The molecule has 0 heterocycles. The molecule has 4 rings (SSSR count). The van der Waals surface area contributed by atoms with Gasteiger partial charge in [0.05, 0.1) is 131 Å². The van der Waals surface area contributed by atoms with E-state index in [9.17, 15) is 142 Å². The van der Waals surface area contributed by atoms with Gasteiger partial charge in [-0.05, 0) is 0 Å². The molecule has 4 radical (unpaired) electrons. The zero-order valence-corrected chi connectivity index (χ0v) is 33.8. The molecule has 40 nitrogen and oxygen atoms in total. The fourth-order valence-corrected chi connectivity index (χ4v) is 3.84. The minimum absolute atomic E-state index is 0. The second-order valence-electron chi connectivity index (χ2n) is 10.3. The standard InChI is InChI=1S/4C6H3N3O7.Pb/c4*10-6-4(8(13)14)1-3(7(11)12)2-5(6)9(15)16;/h4*1-2,10H;/p-4. The quantitative estimate of drug-likeness (QED) is 0.110. The number of non-ortho nitro benzene ring substituents is 4. The Morgan fingerprint density at radius 1 is 0.215 bits per heavy atom. The third-order valence-electron chi connectivity index (χ3n) is 6.55. The van der Waals surface area contributed by atoms with Crippen LogP contribution in [-0.4, -0.2) is 86.4 Å². The van der Waals surface area contributed by atoms with Crippen LogP contribution in [0.15, 0.2) is 48.5 Å². The van der Waals surface area contributed by atoms with Crippen LogP contribution in [0.5, 0.6) is 23.0 Å². The summed E-state index contributed by atoms with van der Waals surface area (Å²) in [5.41, 5.74) is -13.1. The number of nitrogens with zero attached hydrogens (tertiary/aromatic N) is 12. The molecule has 0 fully saturated rings. The van der Waals surface area contributed by atoms with Crippen LogP contribution in [0.1, 0.15) is 0 Å². The van der Waals surface area contributed by atoms with Gasteiger partial charge in [0.15, 0.2) is 0 Å². The van der Waals surface area contributed by atoms with Gasteiger partial charge in [-0.25, -0.2) is 0 Å². The molecule has 340 valence electrons. The molecule has 0 atom stereocenters. The molecule has 0 spiro atoms. The topological polar surface area (TPSA) is 610 Å². The second kappa shape index (κ2) is 22.4. The van der Waals surface area contributed by atoms with Crippen LogP contribution >= 0.6 is 0 Å². The minimum Gasteiger partial charge on any atom is -0.863 e. The molecule has 0 unspecified atom stereocenters. The van der Waals surface area contributed by atoms with E-state index in [1.807, 2.05) is 0 Å². The molecule has 0 N–H and O–H groups in total.